The van der Waals surface area contributed by atoms with Crippen LogP contribution in [-0.2, 0) is 9.59 Å². The van der Waals surface area contributed by atoms with Crippen LogP contribution in [0.1, 0.15) is 32.6 Å². The molecule has 4 heteroatoms. The van der Waals surface area contributed by atoms with Crippen molar-refractivity contribution < 1.29 is 9.59 Å². The van der Waals surface area contributed by atoms with E-state index in [1.54, 1.807) is 4.90 Å². The van der Waals surface area contributed by atoms with Crippen LogP contribution in [-0.4, -0.2) is 46.8 Å². The minimum atomic E-state index is -0.234. The average Bonchev–Trinajstić information content (AvgIpc) is 2.95. The van der Waals surface area contributed by atoms with Crippen molar-refractivity contribution in [1.29, 1.82) is 0 Å². The van der Waals surface area contributed by atoms with Gasteiger partial charge in [-0.3, -0.25) is 9.59 Å². The molecule has 0 aromatic heterocycles. The number of hydrogen-bond acceptors (Lipinski definition) is 2. The predicted octanol–water partition coefficient (Wildman–Crippen LogP) is 0.618. The lowest BCUT2D eigenvalue weighted by atomic mass is 10.1. The van der Waals surface area contributed by atoms with Crippen LogP contribution >= 0.6 is 0 Å². The van der Waals surface area contributed by atoms with Crippen LogP contribution < -0.4 is 0 Å². The van der Waals surface area contributed by atoms with Crippen molar-refractivity contribution in [2.45, 2.75) is 44.7 Å². The van der Waals surface area contributed by atoms with Crippen LogP contribution in [0.5, 0.6) is 0 Å². The molecule has 2 amide bonds. The maximum absolute atomic E-state index is 12.3. The zero-order valence-corrected chi connectivity index (χ0v) is 9.69. The Morgan fingerprint density at radius 3 is 2.62 bits per heavy atom. The van der Waals surface area contributed by atoms with E-state index in [1.165, 1.54) is 12.8 Å². The van der Waals surface area contributed by atoms with Gasteiger partial charge in [-0.1, -0.05) is 0 Å². The molecule has 2 aliphatic heterocycles. The third-order valence-corrected chi connectivity index (χ3v) is 4.08. The molecule has 4 nitrogen and oxygen atoms in total. The lowest BCUT2D eigenvalue weighted by Crippen LogP contribution is -2.62. The second-order valence-corrected chi connectivity index (χ2v) is 5.30. The molecule has 1 aliphatic carbocycles. The van der Waals surface area contributed by atoms with Gasteiger partial charge in [0.1, 0.15) is 12.1 Å². The quantitative estimate of drug-likeness (QED) is 0.687. The van der Waals surface area contributed by atoms with Gasteiger partial charge in [-0.2, -0.15) is 0 Å². The predicted molar refractivity (Wildman–Crippen MR) is 58.6 cm³/mol. The Balaban J connectivity index is 1.81. The fourth-order valence-corrected chi connectivity index (χ4v) is 2.87. The van der Waals surface area contributed by atoms with Crippen molar-refractivity contribution >= 4 is 11.8 Å². The summed E-state index contributed by atoms with van der Waals surface area (Å²) in [5.74, 6) is 1.01. The standard InChI is InChI=1S/C12H18N2O2/c1-8-11(15)13-6-2-3-10(13)12(16)14(8)7-9-4-5-9/h8-10H,2-7H2,1H3. The molecule has 0 aromatic carbocycles. The zero-order chi connectivity index (χ0) is 11.3. The normalized spacial score (nSPS) is 34.6. The Labute approximate surface area is 95.6 Å². The van der Waals surface area contributed by atoms with E-state index in [0.29, 0.717) is 5.92 Å². The maximum Gasteiger partial charge on any atom is 0.246 e. The first kappa shape index (κ1) is 10.1. The minimum Gasteiger partial charge on any atom is -0.329 e. The molecule has 0 aromatic rings. The number of piperazine rings is 1. The molecule has 0 radical (unpaired) electrons. The Bertz CT molecular complexity index is 338. The molecule has 3 rings (SSSR count). The van der Waals surface area contributed by atoms with Crippen LogP contribution in [0.15, 0.2) is 0 Å². The highest BCUT2D eigenvalue weighted by atomic mass is 16.2. The summed E-state index contributed by atoms with van der Waals surface area (Å²) in [6.07, 6.45) is 4.28. The van der Waals surface area contributed by atoms with Crippen molar-refractivity contribution in [3.8, 4) is 0 Å². The summed E-state index contributed by atoms with van der Waals surface area (Å²) < 4.78 is 0. The molecule has 0 bridgehead atoms. The third-order valence-electron chi connectivity index (χ3n) is 4.08. The van der Waals surface area contributed by atoms with Gasteiger partial charge in [-0.15, -0.1) is 0 Å². The summed E-state index contributed by atoms with van der Waals surface area (Å²) in [5.41, 5.74) is 0. The van der Waals surface area contributed by atoms with Crippen LogP contribution in [0, 0.1) is 5.92 Å². The molecule has 0 spiro atoms. The highest BCUT2D eigenvalue weighted by molar-refractivity contribution is 5.97. The highest BCUT2D eigenvalue weighted by Crippen LogP contribution is 2.33. The molecule has 0 N–H and O–H groups in total. The summed E-state index contributed by atoms with van der Waals surface area (Å²) in [5, 5.41) is 0. The van der Waals surface area contributed by atoms with E-state index < -0.39 is 0 Å². The Morgan fingerprint density at radius 2 is 1.94 bits per heavy atom. The second-order valence-electron chi connectivity index (χ2n) is 5.30. The van der Waals surface area contributed by atoms with Crippen molar-refractivity contribution in [2.75, 3.05) is 13.1 Å². The summed E-state index contributed by atoms with van der Waals surface area (Å²) in [6, 6.07) is -0.370. The molecule has 88 valence electrons. The molecule has 16 heavy (non-hydrogen) atoms. The van der Waals surface area contributed by atoms with Crippen molar-refractivity contribution in [2.24, 2.45) is 5.92 Å². The van der Waals surface area contributed by atoms with Crippen LogP contribution in [0.4, 0.5) is 0 Å². The van der Waals surface area contributed by atoms with Crippen LogP contribution in [0.25, 0.3) is 0 Å². The lowest BCUT2D eigenvalue weighted by molar-refractivity contribution is -0.158. The SMILES string of the molecule is CC1C(=O)N2CCCC2C(=O)N1CC1CC1. The summed E-state index contributed by atoms with van der Waals surface area (Å²) in [4.78, 5) is 28.0. The Hall–Kier alpha value is -1.06. The first-order valence-electron chi connectivity index (χ1n) is 6.29. The van der Waals surface area contributed by atoms with Gasteiger partial charge >= 0.3 is 0 Å². The van der Waals surface area contributed by atoms with E-state index in [0.717, 1.165) is 25.9 Å². The summed E-state index contributed by atoms with van der Waals surface area (Å²) >= 11 is 0. The molecular weight excluding hydrogens is 204 g/mol. The number of fused-ring (bicyclic) bond motifs is 1. The number of rotatable bonds is 2. The molecule has 3 aliphatic rings. The van der Waals surface area contributed by atoms with Crippen molar-refractivity contribution in [1.82, 2.24) is 9.80 Å². The van der Waals surface area contributed by atoms with Gasteiger partial charge in [-0.25, -0.2) is 0 Å². The number of hydrogen-bond donors (Lipinski definition) is 0. The van der Waals surface area contributed by atoms with Crippen LogP contribution in [0.3, 0.4) is 0 Å². The van der Waals surface area contributed by atoms with E-state index in [9.17, 15) is 9.59 Å². The van der Waals surface area contributed by atoms with Gasteiger partial charge < -0.3 is 9.80 Å². The fraction of sp³-hybridized carbons (Fsp3) is 0.833. The molecule has 3 fully saturated rings. The first-order chi connectivity index (χ1) is 7.68. The topological polar surface area (TPSA) is 40.6 Å². The number of carbonyl (C=O) groups is 2. The van der Waals surface area contributed by atoms with E-state index in [4.69, 9.17) is 0 Å². The van der Waals surface area contributed by atoms with E-state index >= 15 is 0 Å². The molecule has 2 atom stereocenters. The van der Waals surface area contributed by atoms with E-state index in [2.05, 4.69) is 0 Å². The molecule has 1 saturated carbocycles. The average molecular weight is 222 g/mol. The Morgan fingerprint density at radius 1 is 1.19 bits per heavy atom. The maximum atomic E-state index is 12.3. The highest BCUT2D eigenvalue weighted by Gasteiger charge is 2.46. The summed E-state index contributed by atoms with van der Waals surface area (Å²) in [6.45, 7) is 3.45. The minimum absolute atomic E-state index is 0.137. The fourth-order valence-electron chi connectivity index (χ4n) is 2.87. The summed E-state index contributed by atoms with van der Waals surface area (Å²) in [7, 11) is 0. The van der Waals surface area contributed by atoms with Gasteiger partial charge in [0.2, 0.25) is 11.8 Å². The Kier molecular flexibility index (Phi) is 2.19. The van der Waals surface area contributed by atoms with Crippen molar-refractivity contribution in [3.63, 3.8) is 0 Å². The third kappa shape index (κ3) is 1.43. The molecule has 2 unspecified atom stereocenters. The zero-order valence-electron chi connectivity index (χ0n) is 9.69. The van der Waals surface area contributed by atoms with Gasteiger partial charge in [0.25, 0.3) is 0 Å². The first-order valence-corrected chi connectivity index (χ1v) is 6.29. The molecule has 2 heterocycles. The van der Waals surface area contributed by atoms with Gasteiger partial charge in [0, 0.05) is 13.1 Å². The van der Waals surface area contributed by atoms with Gasteiger partial charge in [0.05, 0.1) is 0 Å². The lowest BCUT2D eigenvalue weighted by Gasteiger charge is -2.41. The number of nitrogens with zero attached hydrogens (tertiary/aromatic N) is 2. The monoisotopic (exact) mass is 222 g/mol. The van der Waals surface area contributed by atoms with Gasteiger partial charge in [-0.05, 0) is 38.5 Å². The van der Waals surface area contributed by atoms with Crippen molar-refractivity contribution in [3.05, 3.63) is 0 Å². The smallest absolute Gasteiger partial charge is 0.246 e. The van der Waals surface area contributed by atoms with E-state index in [1.807, 2.05) is 11.8 Å². The largest absolute Gasteiger partial charge is 0.329 e. The second kappa shape index (κ2) is 3.47. The molecule has 2 saturated heterocycles. The van der Waals surface area contributed by atoms with E-state index in [-0.39, 0.29) is 23.9 Å². The number of carbonyl (C=O) groups excluding carboxylic acids is 2. The van der Waals surface area contributed by atoms with Gasteiger partial charge in [0.15, 0.2) is 0 Å². The number of amides is 2. The van der Waals surface area contributed by atoms with Crippen LogP contribution in [0.2, 0.25) is 0 Å². The molecular formula is C12H18N2O2.